The van der Waals surface area contributed by atoms with E-state index in [0.29, 0.717) is 17.7 Å². The van der Waals surface area contributed by atoms with Crippen molar-refractivity contribution >= 4 is 70.9 Å². The largest absolute Gasteiger partial charge is 0.508 e. The summed E-state index contributed by atoms with van der Waals surface area (Å²) in [6.07, 6.45) is -29.7. The van der Waals surface area contributed by atoms with E-state index in [-0.39, 0.29) is 50.0 Å². The molecule has 0 aromatic heterocycles. The van der Waals surface area contributed by atoms with Gasteiger partial charge in [0.05, 0.1) is 50.8 Å². The molecule has 680 valence electrons. The van der Waals surface area contributed by atoms with Crippen LogP contribution in [0.4, 0.5) is 0 Å². The number of aromatic hydroxyl groups is 1. The number of aliphatic hydroxyl groups excluding tert-OH is 12. The normalized spacial score (nSPS) is 31.3. The van der Waals surface area contributed by atoms with Crippen LogP contribution < -0.4 is 59.3 Å². The van der Waals surface area contributed by atoms with Gasteiger partial charge in [-0.2, -0.15) is 0 Å². The molecule has 4 aliphatic heterocycles. The Hall–Kier alpha value is -8.36. The average Bonchev–Trinajstić information content (AvgIpc) is 0.780. The van der Waals surface area contributed by atoms with Crippen molar-refractivity contribution < 1.29 is 157 Å². The molecule has 1 aromatic carbocycles. The number of carbonyl (C=O) groups is 12. The zero-order chi connectivity index (χ0) is 89.5. The molecule has 27 unspecified atom stereocenters. The summed E-state index contributed by atoms with van der Waals surface area (Å²) in [6.45, 7) is 5.01. The summed E-state index contributed by atoms with van der Waals surface area (Å²) in [4.78, 5) is 172. The van der Waals surface area contributed by atoms with Crippen LogP contribution in [0.1, 0.15) is 150 Å². The quantitative estimate of drug-likeness (QED) is 0.0169. The molecule has 4 aliphatic rings. The summed E-state index contributed by atoms with van der Waals surface area (Å²) < 4.78 is 40.8. The predicted octanol–water partition coefficient (Wildman–Crippen LogP) is -8.81. The molecule has 120 heavy (non-hydrogen) atoms. The van der Waals surface area contributed by atoms with Gasteiger partial charge in [0, 0.05) is 26.8 Å². The monoisotopic (exact) mass is 1720 g/mol. The zero-order valence-electron chi connectivity index (χ0n) is 68.5. The van der Waals surface area contributed by atoms with Gasteiger partial charge in [-0.1, -0.05) is 82.9 Å². The molecule has 5 rings (SSSR count). The third-order valence-corrected chi connectivity index (χ3v) is 20.8. The molecular formula is C76H124N12O32. The number of nitrogens with one attached hydrogen (secondary N) is 9. The summed E-state index contributed by atoms with van der Waals surface area (Å²) in [7, 11) is 1.01. The number of esters is 1. The maximum atomic E-state index is 15.3. The molecule has 44 heteroatoms. The van der Waals surface area contributed by atoms with Crippen molar-refractivity contribution in [1.82, 2.24) is 52.8 Å². The number of unbranched alkanes of at least 4 members (excludes halogenated alkanes) is 9. The molecule has 0 aliphatic carbocycles. The van der Waals surface area contributed by atoms with Crippen molar-refractivity contribution in [1.29, 1.82) is 0 Å². The fourth-order valence-electron chi connectivity index (χ4n) is 13.7. The molecule has 11 amide bonds. The van der Waals surface area contributed by atoms with Gasteiger partial charge in [0.1, 0.15) is 127 Å². The highest BCUT2D eigenvalue weighted by Gasteiger charge is 2.52. The van der Waals surface area contributed by atoms with Crippen molar-refractivity contribution in [3.8, 4) is 5.75 Å². The predicted molar refractivity (Wildman–Crippen MR) is 414 cm³/mol. The topological polar surface area (TPSA) is 696 Å². The summed E-state index contributed by atoms with van der Waals surface area (Å²) in [5, 5.41) is 163. The second-order valence-corrected chi connectivity index (χ2v) is 30.3. The van der Waals surface area contributed by atoms with E-state index in [0.717, 1.165) is 86.3 Å². The molecule has 27 atom stereocenters. The van der Waals surface area contributed by atoms with Gasteiger partial charge in [-0.05, 0) is 91.0 Å². The lowest BCUT2D eigenvalue weighted by Gasteiger charge is -2.46. The number of nitrogens with zero attached hydrogens (tertiary/aromatic N) is 1. The Morgan fingerprint density at radius 2 is 1.28 bits per heavy atom. The van der Waals surface area contributed by atoms with Crippen LogP contribution in [0.5, 0.6) is 5.75 Å². The molecular weight excluding hydrogens is 1590 g/mol. The van der Waals surface area contributed by atoms with Gasteiger partial charge in [0.15, 0.2) is 25.0 Å². The van der Waals surface area contributed by atoms with E-state index in [1.807, 2.05) is 0 Å². The minimum absolute atomic E-state index is 0.00226. The highest BCUT2D eigenvalue weighted by Crippen LogP contribution is 2.31. The van der Waals surface area contributed by atoms with Crippen molar-refractivity contribution in [2.24, 2.45) is 11.5 Å². The van der Waals surface area contributed by atoms with Crippen LogP contribution in [0.3, 0.4) is 0 Å². The first-order chi connectivity index (χ1) is 56.7. The first-order valence-corrected chi connectivity index (χ1v) is 40.2. The van der Waals surface area contributed by atoms with E-state index in [4.69, 9.17) is 44.6 Å². The smallest absolute Gasteiger partial charge is 0.328 e. The second kappa shape index (κ2) is 50.3. The number of nitrogens with two attached hydrogens (primary N) is 2. The molecule has 4 heterocycles. The van der Waals surface area contributed by atoms with Gasteiger partial charge in [-0.3, -0.25) is 52.7 Å². The van der Waals surface area contributed by atoms with E-state index in [2.05, 4.69) is 54.8 Å². The Morgan fingerprint density at radius 1 is 0.675 bits per heavy atom. The number of amides is 11. The summed E-state index contributed by atoms with van der Waals surface area (Å²) in [5.74, 6) is -15.2. The number of ether oxygens (including phenoxy) is 7. The Morgan fingerprint density at radius 3 is 1.87 bits per heavy atom. The van der Waals surface area contributed by atoms with Crippen LogP contribution in [0.25, 0.3) is 0 Å². The van der Waals surface area contributed by atoms with Crippen molar-refractivity contribution in [2.75, 3.05) is 40.0 Å². The maximum Gasteiger partial charge on any atom is 0.328 e. The highest BCUT2D eigenvalue weighted by molar-refractivity contribution is 6.02. The first kappa shape index (κ1) is 102. The number of hydrogen-bond acceptors (Lipinski definition) is 33. The van der Waals surface area contributed by atoms with Crippen LogP contribution >= 0.6 is 0 Å². The average molecular weight is 1720 g/mol. The van der Waals surface area contributed by atoms with E-state index < -0.39 is 287 Å². The fourth-order valence-corrected chi connectivity index (χ4v) is 13.7. The maximum absolute atomic E-state index is 15.3. The molecule has 0 radical (unpaired) electrons. The Kier molecular flexibility index (Phi) is 42.8. The van der Waals surface area contributed by atoms with Gasteiger partial charge in [0.2, 0.25) is 53.2 Å². The number of carbonyl (C=O) groups excluding carboxylic acids is 12. The lowest BCUT2D eigenvalue weighted by atomic mass is 9.96. The molecule has 0 spiro atoms. The SMILES string of the molecule is CC=C1NC(=O)C(Cc2ccc(O)cc2)NC(=O)C(C(C)O)NC(=O)C(NC(=O)C(NC(=O)C(O)C(CCCCCCCCCCC)OC2OCC(O)C(OC3OC(CO)C(O)C(O)C3NC(C)=O)C2O)C(C)O)C(C)OC(=O)C(CCCCN)NC(=O)C(C(C)OC2OC(CO)C(O)C(O)C2O)N(C)C(=O)CNC(=O)C(CCC(N)=O)NC1=O. The number of phenolic OH excluding ortho intramolecular Hbond substituents is 1. The summed E-state index contributed by atoms with van der Waals surface area (Å²) in [5.41, 5.74) is 10.9. The van der Waals surface area contributed by atoms with Gasteiger partial charge in [0.25, 0.3) is 11.8 Å². The molecule has 44 nitrogen and oxygen atoms in total. The number of rotatable bonds is 36. The Labute approximate surface area is 693 Å². The van der Waals surface area contributed by atoms with E-state index in [1.54, 1.807) is 0 Å². The number of primary amides is 1. The van der Waals surface area contributed by atoms with Gasteiger partial charge >= 0.3 is 5.97 Å². The molecule has 0 saturated carbocycles. The number of aliphatic hydroxyl groups is 12. The fraction of sp³-hybridized carbons (Fsp3) is 0.737. The van der Waals surface area contributed by atoms with Crippen molar-refractivity contribution in [2.45, 2.75) is 316 Å². The van der Waals surface area contributed by atoms with E-state index in [1.165, 1.54) is 31.2 Å². The van der Waals surface area contributed by atoms with Gasteiger partial charge in [-0.25, -0.2) is 4.79 Å². The van der Waals surface area contributed by atoms with E-state index >= 15 is 14.4 Å². The van der Waals surface area contributed by atoms with Crippen LogP contribution in [-0.4, -0.2) is 347 Å². The minimum atomic E-state index is -2.38. The number of likely N-dealkylation sites (N-methyl/N-ethyl adjacent to an activating group) is 1. The zero-order valence-corrected chi connectivity index (χ0v) is 68.5. The number of phenols is 1. The molecule has 0 bridgehead atoms. The van der Waals surface area contributed by atoms with E-state index in [9.17, 15) is 110 Å². The van der Waals surface area contributed by atoms with Crippen LogP contribution in [0.2, 0.25) is 0 Å². The summed E-state index contributed by atoms with van der Waals surface area (Å²) >= 11 is 0. The third kappa shape index (κ3) is 30.3. The van der Waals surface area contributed by atoms with Crippen LogP contribution in [-0.2, 0) is 97.1 Å². The molecule has 1 aromatic rings. The standard InChI is InChI=1S/C76H124N12O32/c1-9-11-12-13-14-15-16-17-18-22-47(117-75-63(104)64(46(95)34-114-75)120-74-55(80-39(7)93)60(101)57(98)48(32-89)118-74)59(100)72(112)86-53(36(4)92)69(109)87-54-37(5)115-73(113)44(21-19-20-29-77)83-71(111)56(38(6)116-76-62(103)61(102)58(99)49(33-90)119-76)88(8)51(97)31-79-65(105)43(27-28-50(78)96)82-66(106)42(10-2)81-67(107)45(30-40-23-25-41(94)26-24-40)84-68(108)52(35(3)91)85-70(54)110/h10,23-26,35-38,43-49,52-64,74-76,89-92,94-95,98-104H,9,11-22,27-34,77H2,1-8H3,(H2,78,96)(H,79,105)(H,80,93)(H,81,107)(H,82,106)(H,83,111)(H,84,108)(H,85,110)(H,86,112)(H,87,109). The third-order valence-electron chi connectivity index (χ3n) is 20.8. The van der Waals surface area contributed by atoms with Gasteiger partial charge in [-0.15, -0.1) is 0 Å². The highest BCUT2D eigenvalue weighted by atomic mass is 16.7. The molecule has 4 fully saturated rings. The van der Waals surface area contributed by atoms with Crippen LogP contribution in [0.15, 0.2) is 36.0 Å². The molecule has 4 saturated heterocycles. The van der Waals surface area contributed by atoms with Crippen LogP contribution in [0, 0.1) is 0 Å². The lowest BCUT2D eigenvalue weighted by Crippen LogP contribution is -2.67. The Bertz CT molecular complexity index is 3530. The Balaban J connectivity index is 1.62. The number of hydrogen-bond donors (Lipinski definition) is 24. The number of benzene rings is 1. The van der Waals surface area contributed by atoms with Gasteiger partial charge < -0.3 is 164 Å². The van der Waals surface area contributed by atoms with Crippen molar-refractivity contribution in [3.63, 3.8) is 0 Å². The number of allylic oxidation sites excluding steroid dienone is 1. The molecule has 26 N–H and O–H groups in total. The minimum Gasteiger partial charge on any atom is -0.508 e. The van der Waals surface area contributed by atoms with Crippen molar-refractivity contribution in [3.05, 3.63) is 41.6 Å². The first-order valence-electron chi connectivity index (χ1n) is 40.2. The summed E-state index contributed by atoms with van der Waals surface area (Å²) in [6, 6.07) is -10.7. The number of cyclic esters (lactones) is 1. The second-order valence-electron chi connectivity index (χ2n) is 30.3. The lowest BCUT2D eigenvalue weighted by molar-refractivity contribution is -0.339.